The topological polar surface area (TPSA) is 111 Å². The number of allylic oxidation sites excluding steroid dienone is 12. The van der Waals surface area contributed by atoms with Gasteiger partial charge in [0.05, 0.1) is 27.7 Å². The van der Waals surface area contributed by atoms with Gasteiger partial charge in [0.2, 0.25) is 0 Å². The quantitative estimate of drug-likeness (QED) is 0.0195. The standard InChI is InChI=1S/C78H144NO8P/c1-6-8-10-12-14-16-18-20-22-24-26-28-30-32-34-36-38-39-41-43-45-47-49-51-53-55-57-59-61-63-65-67-69-71-78(81)87-76(75-86-88(82,83)85-73-72-79(3,4)5)74-84-77(80)70-68-66-64-62-60-58-56-54-52-50-48-46-44-42-40-37-35-33-31-29-27-25-23-21-19-17-15-13-11-9-7-2/h8,10,14,16,19-22,25-28,76H,6-7,9,11-13,15,17-18,23-24,29-75H2,1-5H3/b10-8-,16-14-,21-19-,22-20-,27-25-,28-26-. The lowest BCUT2D eigenvalue weighted by Crippen LogP contribution is -2.37. The average Bonchev–Trinajstić information content (AvgIpc) is 3.56. The zero-order valence-electron chi connectivity index (χ0n) is 58.7. The van der Waals surface area contributed by atoms with E-state index in [2.05, 4.69) is 86.8 Å². The third-order valence-corrected chi connectivity index (χ3v) is 17.7. The summed E-state index contributed by atoms with van der Waals surface area (Å²) in [5.41, 5.74) is 0. The molecule has 0 radical (unpaired) electrons. The molecular weight excluding hydrogens is 1110 g/mol. The van der Waals surface area contributed by atoms with Crippen LogP contribution in [-0.2, 0) is 32.7 Å². The molecule has 2 unspecified atom stereocenters. The van der Waals surface area contributed by atoms with Crippen LogP contribution in [0.4, 0.5) is 0 Å². The Balaban J connectivity index is 3.96. The molecule has 0 aliphatic rings. The summed E-state index contributed by atoms with van der Waals surface area (Å²) < 4.78 is 34.4. The Morgan fingerprint density at radius 3 is 0.966 bits per heavy atom. The Hall–Kier alpha value is -2.55. The molecule has 9 nitrogen and oxygen atoms in total. The molecule has 0 aromatic heterocycles. The number of hydrogen-bond acceptors (Lipinski definition) is 8. The van der Waals surface area contributed by atoms with Gasteiger partial charge in [-0.3, -0.25) is 14.2 Å². The molecule has 88 heavy (non-hydrogen) atoms. The smallest absolute Gasteiger partial charge is 0.306 e. The number of carbonyl (C=O) groups is 2. The van der Waals surface area contributed by atoms with Crippen molar-refractivity contribution in [2.45, 2.75) is 367 Å². The highest BCUT2D eigenvalue weighted by molar-refractivity contribution is 7.45. The van der Waals surface area contributed by atoms with Gasteiger partial charge in [0.15, 0.2) is 6.10 Å². The molecule has 0 spiro atoms. The van der Waals surface area contributed by atoms with E-state index in [1.165, 1.54) is 263 Å². The summed E-state index contributed by atoms with van der Waals surface area (Å²) in [5.74, 6) is -0.814. The number of likely N-dealkylation sites (N-methyl/N-ethyl adjacent to an activating group) is 1. The van der Waals surface area contributed by atoms with Crippen molar-refractivity contribution >= 4 is 19.8 Å². The second-order valence-electron chi connectivity index (χ2n) is 26.6. The van der Waals surface area contributed by atoms with Crippen LogP contribution in [0.25, 0.3) is 0 Å². The molecule has 0 saturated heterocycles. The van der Waals surface area contributed by atoms with E-state index in [9.17, 15) is 19.0 Å². The number of nitrogens with zero attached hydrogens (tertiary/aromatic N) is 1. The lowest BCUT2D eigenvalue weighted by Gasteiger charge is -2.28. The summed E-state index contributed by atoms with van der Waals surface area (Å²) in [4.78, 5) is 38.1. The summed E-state index contributed by atoms with van der Waals surface area (Å²) in [6, 6.07) is 0. The van der Waals surface area contributed by atoms with Gasteiger partial charge in [-0.2, -0.15) is 0 Å². The molecule has 0 saturated carbocycles. The van der Waals surface area contributed by atoms with E-state index >= 15 is 0 Å². The lowest BCUT2D eigenvalue weighted by molar-refractivity contribution is -0.870. The molecule has 0 aromatic carbocycles. The lowest BCUT2D eigenvalue weighted by atomic mass is 10.0. The molecule has 10 heteroatoms. The van der Waals surface area contributed by atoms with Crippen LogP contribution in [-0.4, -0.2) is 70.0 Å². The Morgan fingerprint density at radius 2 is 0.648 bits per heavy atom. The highest BCUT2D eigenvalue weighted by Gasteiger charge is 2.22. The maximum atomic E-state index is 12.9. The maximum Gasteiger partial charge on any atom is 0.306 e. The number of rotatable bonds is 70. The second-order valence-corrected chi connectivity index (χ2v) is 28.0. The van der Waals surface area contributed by atoms with E-state index in [-0.39, 0.29) is 32.0 Å². The normalized spacial score (nSPS) is 13.5. The number of hydrogen-bond donors (Lipinski definition) is 0. The molecule has 0 rings (SSSR count). The third kappa shape index (κ3) is 72.5. The SMILES string of the molecule is CC/C=C\C/C=C\C/C=C\C/C=C\CCCCCCCCCCCCCCCCCCCCCCC(=O)OC(COC(=O)CCCCCCCCCCCCCCCCCCCCC/C=C\C/C=C\CCCCCCC)COP(=O)([O-])OCC[N+](C)(C)C. The van der Waals surface area contributed by atoms with Crippen LogP contribution in [0.3, 0.4) is 0 Å². The van der Waals surface area contributed by atoms with Gasteiger partial charge in [0.1, 0.15) is 19.8 Å². The molecule has 0 N–H and O–H groups in total. The van der Waals surface area contributed by atoms with Crippen LogP contribution in [0.2, 0.25) is 0 Å². The molecule has 0 aliphatic heterocycles. The fraction of sp³-hybridized carbons (Fsp3) is 0.821. The van der Waals surface area contributed by atoms with Gasteiger partial charge in [-0.25, -0.2) is 0 Å². The first-order valence-electron chi connectivity index (χ1n) is 37.6. The van der Waals surface area contributed by atoms with Crippen LogP contribution >= 0.6 is 7.82 Å². The number of phosphoric acid groups is 1. The molecule has 0 aliphatic carbocycles. The van der Waals surface area contributed by atoms with Gasteiger partial charge in [-0.15, -0.1) is 0 Å². The number of ether oxygens (including phenoxy) is 2. The summed E-state index contributed by atoms with van der Waals surface area (Å²) in [6.45, 7) is 4.18. The van der Waals surface area contributed by atoms with Crippen molar-refractivity contribution in [1.82, 2.24) is 0 Å². The maximum absolute atomic E-state index is 12.9. The van der Waals surface area contributed by atoms with Crippen molar-refractivity contribution < 1.29 is 42.1 Å². The minimum absolute atomic E-state index is 0.0297. The van der Waals surface area contributed by atoms with Gasteiger partial charge < -0.3 is 27.9 Å². The Morgan fingerprint density at radius 1 is 0.364 bits per heavy atom. The molecule has 0 bridgehead atoms. The van der Waals surface area contributed by atoms with Crippen molar-refractivity contribution in [3.8, 4) is 0 Å². The second kappa shape index (κ2) is 68.8. The fourth-order valence-electron chi connectivity index (χ4n) is 11.0. The van der Waals surface area contributed by atoms with E-state index in [1.807, 2.05) is 21.1 Å². The molecular formula is C78H144NO8P. The summed E-state index contributed by atoms with van der Waals surface area (Å²) in [7, 11) is 1.18. The largest absolute Gasteiger partial charge is 0.756 e. The van der Waals surface area contributed by atoms with Crippen LogP contribution in [0.1, 0.15) is 361 Å². The Bertz CT molecular complexity index is 1710. The van der Waals surface area contributed by atoms with Gasteiger partial charge in [-0.05, 0) is 83.5 Å². The molecule has 0 fully saturated rings. The number of phosphoric ester groups is 1. The van der Waals surface area contributed by atoms with Crippen molar-refractivity contribution in [1.29, 1.82) is 0 Å². The van der Waals surface area contributed by atoms with Gasteiger partial charge in [0, 0.05) is 12.8 Å². The van der Waals surface area contributed by atoms with E-state index < -0.39 is 26.5 Å². The number of esters is 2. The highest BCUT2D eigenvalue weighted by atomic mass is 31.2. The fourth-order valence-corrected chi connectivity index (χ4v) is 11.7. The van der Waals surface area contributed by atoms with Gasteiger partial charge >= 0.3 is 11.9 Å². The monoisotopic (exact) mass is 1250 g/mol. The van der Waals surface area contributed by atoms with Crippen LogP contribution in [0.5, 0.6) is 0 Å². The minimum atomic E-state index is -4.64. The van der Waals surface area contributed by atoms with Crippen molar-refractivity contribution in [3.05, 3.63) is 72.9 Å². The average molecular weight is 1250 g/mol. The summed E-state index contributed by atoms with van der Waals surface area (Å²) >= 11 is 0. The molecule has 0 amide bonds. The Labute approximate surface area is 546 Å². The number of quaternary nitrogens is 1. The van der Waals surface area contributed by atoms with E-state index in [0.717, 1.165) is 64.2 Å². The minimum Gasteiger partial charge on any atom is -0.756 e. The molecule has 2 atom stereocenters. The number of carbonyl (C=O) groups excluding carboxylic acids is 2. The zero-order chi connectivity index (χ0) is 64.1. The van der Waals surface area contributed by atoms with Crippen LogP contribution in [0, 0.1) is 0 Å². The predicted molar refractivity (Wildman–Crippen MR) is 379 cm³/mol. The van der Waals surface area contributed by atoms with E-state index in [0.29, 0.717) is 17.4 Å². The molecule has 0 heterocycles. The first kappa shape index (κ1) is 85.5. The predicted octanol–water partition coefficient (Wildman–Crippen LogP) is 24.1. The zero-order valence-corrected chi connectivity index (χ0v) is 59.6. The summed E-state index contributed by atoms with van der Waals surface area (Å²) in [6.07, 6.45) is 92.9. The van der Waals surface area contributed by atoms with Gasteiger partial charge in [-0.1, -0.05) is 337 Å². The first-order chi connectivity index (χ1) is 43.0. The van der Waals surface area contributed by atoms with Crippen molar-refractivity contribution in [3.63, 3.8) is 0 Å². The van der Waals surface area contributed by atoms with Crippen molar-refractivity contribution in [2.24, 2.45) is 0 Å². The van der Waals surface area contributed by atoms with Crippen LogP contribution in [0.15, 0.2) is 72.9 Å². The van der Waals surface area contributed by atoms with Crippen molar-refractivity contribution in [2.75, 3.05) is 47.5 Å². The molecule has 514 valence electrons. The number of unbranched alkanes of at least 4 members (excludes halogenated alkanes) is 44. The summed E-state index contributed by atoms with van der Waals surface area (Å²) in [5, 5.41) is 0. The third-order valence-electron chi connectivity index (χ3n) is 16.7. The highest BCUT2D eigenvalue weighted by Crippen LogP contribution is 2.38. The molecule has 0 aromatic rings. The van der Waals surface area contributed by atoms with E-state index in [1.54, 1.807) is 0 Å². The van der Waals surface area contributed by atoms with E-state index in [4.69, 9.17) is 18.5 Å². The van der Waals surface area contributed by atoms with Gasteiger partial charge in [0.25, 0.3) is 7.82 Å². The Kier molecular flexibility index (Phi) is 66.8. The first-order valence-corrected chi connectivity index (χ1v) is 39.1. The van der Waals surface area contributed by atoms with Crippen LogP contribution < -0.4 is 4.89 Å².